The molecule has 5 nitrogen and oxygen atoms in total. The molecular weight excluding hydrogens is 334 g/mol. The largest absolute Gasteiger partial charge is 0.325 e. The molecule has 1 heterocycles. The van der Waals surface area contributed by atoms with Crippen molar-refractivity contribution < 1.29 is 13.6 Å². The summed E-state index contributed by atoms with van der Waals surface area (Å²) >= 11 is 1.13. The van der Waals surface area contributed by atoms with E-state index in [0.29, 0.717) is 10.8 Å². The van der Waals surface area contributed by atoms with E-state index in [1.165, 1.54) is 6.07 Å². The zero-order valence-electron chi connectivity index (χ0n) is 12.3. The first-order valence-corrected chi connectivity index (χ1v) is 7.96. The first kappa shape index (κ1) is 16.1. The molecule has 0 aliphatic heterocycles. The standard InChI is InChI=1S/C16H12F2N4OS/c17-10-6-7-12(13(18)8-10)15-20-16(22-21-15)24-9-14(23)19-11-4-2-1-3-5-11/h1-8H,9H2,(H,19,23)(H,20,21,22). The molecule has 0 saturated carbocycles. The van der Waals surface area contributed by atoms with E-state index >= 15 is 0 Å². The van der Waals surface area contributed by atoms with Crippen LogP contribution in [0.1, 0.15) is 0 Å². The number of thioether (sulfide) groups is 1. The predicted octanol–water partition coefficient (Wildman–Crippen LogP) is 3.48. The smallest absolute Gasteiger partial charge is 0.234 e. The number of amides is 1. The van der Waals surface area contributed by atoms with Gasteiger partial charge in [-0.05, 0) is 24.3 Å². The highest BCUT2D eigenvalue weighted by Crippen LogP contribution is 2.22. The van der Waals surface area contributed by atoms with E-state index in [9.17, 15) is 13.6 Å². The summed E-state index contributed by atoms with van der Waals surface area (Å²) in [5.41, 5.74) is 0.819. The van der Waals surface area contributed by atoms with Crippen LogP contribution in [0.3, 0.4) is 0 Å². The van der Waals surface area contributed by atoms with Gasteiger partial charge in [0.15, 0.2) is 11.0 Å². The molecule has 0 unspecified atom stereocenters. The number of rotatable bonds is 5. The number of halogens is 2. The second kappa shape index (κ2) is 7.22. The average Bonchev–Trinajstić information content (AvgIpc) is 3.02. The summed E-state index contributed by atoms with van der Waals surface area (Å²) < 4.78 is 26.6. The number of hydrogen-bond donors (Lipinski definition) is 2. The van der Waals surface area contributed by atoms with Crippen LogP contribution in [-0.2, 0) is 4.79 Å². The number of aromatic amines is 1. The van der Waals surface area contributed by atoms with Gasteiger partial charge in [0.05, 0.1) is 11.3 Å². The number of nitrogens with one attached hydrogen (secondary N) is 2. The van der Waals surface area contributed by atoms with Crippen LogP contribution in [0.15, 0.2) is 53.7 Å². The lowest BCUT2D eigenvalue weighted by molar-refractivity contribution is -0.113. The van der Waals surface area contributed by atoms with Gasteiger partial charge in [0, 0.05) is 11.8 Å². The molecule has 122 valence electrons. The Morgan fingerprint density at radius 1 is 1.12 bits per heavy atom. The molecule has 8 heteroatoms. The SMILES string of the molecule is O=C(CSc1nnc(-c2ccc(F)cc2F)[nH]1)Nc1ccccc1. The quantitative estimate of drug-likeness (QED) is 0.694. The minimum atomic E-state index is -0.732. The van der Waals surface area contributed by atoms with Gasteiger partial charge in [-0.25, -0.2) is 8.78 Å². The molecule has 24 heavy (non-hydrogen) atoms. The van der Waals surface area contributed by atoms with Crippen LogP contribution in [0.4, 0.5) is 14.5 Å². The molecule has 0 spiro atoms. The van der Waals surface area contributed by atoms with Crippen molar-refractivity contribution in [3.63, 3.8) is 0 Å². The van der Waals surface area contributed by atoms with Crippen LogP contribution >= 0.6 is 11.8 Å². The van der Waals surface area contributed by atoms with Gasteiger partial charge < -0.3 is 10.3 Å². The van der Waals surface area contributed by atoms with E-state index in [1.807, 2.05) is 18.2 Å². The van der Waals surface area contributed by atoms with Crippen LogP contribution in [0.2, 0.25) is 0 Å². The lowest BCUT2D eigenvalue weighted by Crippen LogP contribution is -2.13. The molecule has 0 radical (unpaired) electrons. The van der Waals surface area contributed by atoms with Crippen molar-refractivity contribution in [1.82, 2.24) is 15.2 Å². The van der Waals surface area contributed by atoms with E-state index in [4.69, 9.17) is 0 Å². The Morgan fingerprint density at radius 3 is 2.67 bits per heavy atom. The summed E-state index contributed by atoms with van der Waals surface area (Å²) in [5, 5.41) is 10.8. The van der Waals surface area contributed by atoms with Gasteiger partial charge in [-0.15, -0.1) is 10.2 Å². The Morgan fingerprint density at radius 2 is 1.92 bits per heavy atom. The lowest BCUT2D eigenvalue weighted by atomic mass is 10.2. The normalized spacial score (nSPS) is 10.6. The molecule has 0 aliphatic rings. The summed E-state index contributed by atoms with van der Waals surface area (Å²) in [5.74, 6) is -1.29. The second-order valence-corrected chi connectivity index (χ2v) is 5.77. The van der Waals surface area contributed by atoms with Gasteiger partial charge >= 0.3 is 0 Å². The minimum absolute atomic E-state index is 0.115. The summed E-state index contributed by atoms with van der Waals surface area (Å²) in [7, 11) is 0. The summed E-state index contributed by atoms with van der Waals surface area (Å²) in [6.45, 7) is 0. The monoisotopic (exact) mass is 346 g/mol. The third-order valence-corrected chi connectivity index (χ3v) is 3.91. The van der Waals surface area contributed by atoms with Crippen LogP contribution in [0.25, 0.3) is 11.4 Å². The number of para-hydroxylation sites is 1. The fourth-order valence-corrected chi connectivity index (χ4v) is 2.57. The van der Waals surface area contributed by atoms with Crippen LogP contribution < -0.4 is 5.32 Å². The van der Waals surface area contributed by atoms with Gasteiger partial charge in [0.1, 0.15) is 11.6 Å². The van der Waals surface area contributed by atoms with Crippen molar-refractivity contribution in [3.8, 4) is 11.4 Å². The van der Waals surface area contributed by atoms with Crippen molar-refractivity contribution >= 4 is 23.4 Å². The summed E-state index contributed by atoms with van der Waals surface area (Å²) in [6.07, 6.45) is 0. The van der Waals surface area contributed by atoms with Crippen molar-refractivity contribution in [1.29, 1.82) is 0 Å². The third-order valence-electron chi connectivity index (χ3n) is 3.05. The number of H-pyrrole nitrogens is 1. The van der Waals surface area contributed by atoms with E-state index in [0.717, 1.165) is 23.9 Å². The molecule has 0 bridgehead atoms. The molecule has 0 aliphatic carbocycles. The number of anilines is 1. The fourth-order valence-electron chi connectivity index (χ4n) is 1.97. The molecule has 3 aromatic rings. The van der Waals surface area contributed by atoms with Gasteiger partial charge in [-0.3, -0.25) is 4.79 Å². The van der Waals surface area contributed by atoms with E-state index in [1.54, 1.807) is 12.1 Å². The summed E-state index contributed by atoms with van der Waals surface area (Å²) in [6, 6.07) is 12.3. The number of hydrogen-bond acceptors (Lipinski definition) is 4. The fraction of sp³-hybridized carbons (Fsp3) is 0.0625. The maximum atomic E-state index is 13.7. The average molecular weight is 346 g/mol. The maximum Gasteiger partial charge on any atom is 0.234 e. The summed E-state index contributed by atoms with van der Waals surface area (Å²) in [4.78, 5) is 14.7. The van der Waals surface area contributed by atoms with Crippen LogP contribution in [-0.4, -0.2) is 26.8 Å². The Kier molecular flexibility index (Phi) is 4.85. The number of benzene rings is 2. The molecular formula is C16H12F2N4OS. The van der Waals surface area contributed by atoms with E-state index < -0.39 is 11.6 Å². The Bertz CT molecular complexity index is 854. The van der Waals surface area contributed by atoms with Crippen molar-refractivity contribution in [2.45, 2.75) is 5.16 Å². The molecule has 0 atom stereocenters. The number of carbonyl (C=O) groups excluding carboxylic acids is 1. The maximum absolute atomic E-state index is 13.7. The van der Waals surface area contributed by atoms with E-state index in [2.05, 4.69) is 20.5 Å². The first-order valence-electron chi connectivity index (χ1n) is 6.97. The number of nitrogens with zero attached hydrogens (tertiary/aromatic N) is 2. The number of aromatic nitrogens is 3. The minimum Gasteiger partial charge on any atom is -0.325 e. The van der Waals surface area contributed by atoms with Crippen LogP contribution in [0, 0.1) is 11.6 Å². The van der Waals surface area contributed by atoms with Crippen molar-refractivity contribution in [2.24, 2.45) is 0 Å². The third kappa shape index (κ3) is 3.96. The topological polar surface area (TPSA) is 70.7 Å². The van der Waals surface area contributed by atoms with Gasteiger partial charge in [0.25, 0.3) is 0 Å². The molecule has 2 N–H and O–H groups in total. The zero-order valence-corrected chi connectivity index (χ0v) is 13.1. The van der Waals surface area contributed by atoms with Gasteiger partial charge in [0.2, 0.25) is 5.91 Å². The molecule has 0 saturated heterocycles. The van der Waals surface area contributed by atoms with E-state index in [-0.39, 0.29) is 23.0 Å². The van der Waals surface area contributed by atoms with Crippen molar-refractivity contribution in [2.75, 3.05) is 11.1 Å². The lowest BCUT2D eigenvalue weighted by Gasteiger charge is -2.03. The zero-order chi connectivity index (χ0) is 16.9. The molecule has 0 fully saturated rings. The Hall–Kier alpha value is -2.74. The first-order chi connectivity index (χ1) is 11.6. The number of carbonyl (C=O) groups is 1. The van der Waals surface area contributed by atoms with Gasteiger partial charge in [-0.1, -0.05) is 30.0 Å². The second-order valence-electron chi connectivity index (χ2n) is 4.81. The molecule has 1 amide bonds. The highest BCUT2D eigenvalue weighted by Gasteiger charge is 2.12. The predicted molar refractivity (Wildman–Crippen MR) is 87.5 cm³/mol. The Labute approximate surface area is 140 Å². The Balaban J connectivity index is 1.61. The molecule has 3 rings (SSSR count). The highest BCUT2D eigenvalue weighted by molar-refractivity contribution is 7.99. The molecule has 2 aromatic carbocycles. The van der Waals surface area contributed by atoms with Gasteiger partial charge in [-0.2, -0.15) is 0 Å². The van der Waals surface area contributed by atoms with Crippen LogP contribution in [0.5, 0.6) is 0 Å². The highest BCUT2D eigenvalue weighted by atomic mass is 32.2. The van der Waals surface area contributed by atoms with Crippen molar-refractivity contribution in [3.05, 3.63) is 60.2 Å². The molecule has 1 aromatic heterocycles.